The first-order valence-electron chi connectivity index (χ1n) is 11.3. The van der Waals surface area contributed by atoms with Gasteiger partial charge in [-0.15, -0.1) is 0 Å². The van der Waals surface area contributed by atoms with Gasteiger partial charge in [0.25, 0.3) is 0 Å². The van der Waals surface area contributed by atoms with E-state index in [1.807, 2.05) is 42.3 Å². The number of hydrogen-bond donors (Lipinski definition) is 7. The van der Waals surface area contributed by atoms with E-state index in [2.05, 4.69) is 26.2 Å². The first-order chi connectivity index (χ1) is 15.5. The van der Waals surface area contributed by atoms with Gasteiger partial charge in [0.15, 0.2) is 0 Å². The zero-order valence-corrected chi connectivity index (χ0v) is 18.6. The standard InChI is InChI=1S/C21H37N7O4/c1-27(9-7-23-8-10-31-14-5-3-2-4-6-14)11-15-17(29)18(30)21(32-15)28-13-26-16-19(22)24-12-25-20(16)28/h2-6,15-21,23-26,29-30H,7-13,22H2,1H3/t15-,16?,17-,18-,19?,20?,21-/m1/s1. The summed E-state index contributed by atoms with van der Waals surface area (Å²) in [6.45, 7) is 4.58. The summed E-state index contributed by atoms with van der Waals surface area (Å²) in [5.41, 5.74) is 6.13. The number of aliphatic hydroxyl groups excluding tert-OH is 2. The van der Waals surface area contributed by atoms with Crippen molar-refractivity contribution in [2.24, 2.45) is 5.73 Å². The van der Waals surface area contributed by atoms with E-state index in [4.69, 9.17) is 15.2 Å². The highest BCUT2D eigenvalue weighted by Gasteiger charge is 2.51. The molecular formula is C21H37N7O4. The zero-order valence-electron chi connectivity index (χ0n) is 18.6. The average molecular weight is 452 g/mol. The molecule has 1 aromatic carbocycles. The van der Waals surface area contributed by atoms with Crippen LogP contribution in [0.1, 0.15) is 0 Å². The summed E-state index contributed by atoms with van der Waals surface area (Å²) in [5.74, 6) is 0.869. The molecule has 0 aromatic heterocycles. The van der Waals surface area contributed by atoms with Crippen molar-refractivity contribution in [1.29, 1.82) is 0 Å². The Morgan fingerprint density at radius 3 is 2.81 bits per heavy atom. The Hall–Kier alpha value is -1.38. The summed E-state index contributed by atoms with van der Waals surface area (Å²) in [6.07, 6.45) is -3.20. The predicted molar refractivity (Wildman–Crippen MR) is 120 cm³/mol. The number of nitrogens with zero attached hydrogens (tertiary/aromatic N) is 2. The van der Waals surface area contributed by atoms with Gasteiger partial charge in [0.1, 0.15) is 36.9 Å². The fraction of sp³-hybridized carbons (Fsp3) is 0.714. The normalized spacial score (nSPS) is 35.3. The molecule has 3 fully saturated rings. The van der Waals surface area contributed by atoms with Crippen LogP contribution < -0.4 is 31.7 Å². The molecule has 11 heteroatoms. The van der Waals surface area contributed by atoms with Crippen LogP contribution in [0.5, 0.6) is 5.75 Å². The lowest BCUT2D eigenvalue weighted by molar-refractivity contribution is -0.106. The summed E-state index contributed by atoms with van der Waals surface area (Å²) in [5, 5.41) is 34.5. The Morgan fingerprint density at radius 1 is 1.19 bits per heavy atom. The van der Waals surface area contributed by atoms with Crippen LogP contribution in [0, 0.1) is 0 Å². The molecule has 11 nitrogen and oxygen atoms in total. The number of fused-ring (bicyclic) bond motifs is 1. The van der Waals surface area contributed by atoms with Crippen molar-refractivity contribution >= 4 is 0 Å². The third-order valence-corrected chi connectivity index (χ3v) is 6.36. The highest BCUT2D eigenvalue weighted by Crippen LogP contribution is 2.28. The van der Waals surface area contributed by atoms with Gasteiger partial charge < -0.3 is 35.6 Å². The van der Waals surface area contributed by atoms with E-state index in [1.165, 1.54) is 0 Å². The van der Waals surface area contributed by atoms with Crippen LogP contribution in [0.15, 0.2) is 30.3 Å². The van der Waals surface area contributed by atoms with Gasteiger partial charge in [0, 0.05) is 32.8 Å². The van der Waals surface area contributed by atoms with Crippen LogP contribution in [0.25, 0.3) is 0 Å². The molecule has 0 aliphatic carbocycles. The van der Waals surface area contributed by atoms with Crippen LogP contribution in [0.4, 0.5) is 0 Å². The van der Waals surface area contributed by atoms with Crippen molar-refractivity contribution in [1.82, 2.24) is 31.1 Å². The molecule has 1 aromatic rings. The molecule has 3 aliphatic rings. The second kappa shape index (κ2) is 11.2. The lowest BCUT2D eigenvalue weighted by Crippen LogP contribution is -2.68. The van der Waals surface area contributed by atoms with Crippen LogP contribution in [-0.4, -0.2) is 116 Å². The Bertz CT molecular complexity index is 702. The number of ether oxygens (including phenoxy) is 2. The SMILES string of the molecule is CN(CCNCCOc1ccccc1)C[C@H]1O[C@@H](N2CNC3C(N)NCNC32)[C@H](O)[C@@H]1O. The molecular weight excluding hydrogens is 414 g/mol. The highest BCUT2D eigenvalue weighted by atomic mass is 16.6. The molecule has 8 N–H and O–H groups in total. The van der Waals surface area contributed by atoms with Gasteiger partial charge in [-0.3, -0.25) is 16.0 Å². The first kappa shape index (κ1) is 23.8. The molecule has 0 radical (unpaired) electrons. The maximum atomic E-state index is 10.7. The number of nitrogens with one attached hydrogen (secondary N) is 4. The second-order valence-corrected chi connectivity index (χ2v) is 8.68. The topological polar surface area (TPSA) is 140 Å². The summed E-state index contributed by atoms with van der Waals surface area (Å²) < 4.78 is 11.8. The highest BCUT2D eigenvalue weighted by molar-refractivity contribution is 5.20. The van der Waals surface area contributed by atoms with Crippen LogP contribution in [-0.2, 0) is 4.74 Å². The maximum Gasteiger partial charge on any atom is 0.142 e. The van der Waals surface area contributed by atoms with Crippen molar-refractivity contribution in [3.8, 4) is 5.75 Å². The third-order valence-electron chi connectivity index (χ3n) is 6.36. The molecule has 4 rings (SSSR count). The van der Waals surface area contributed by atoms with Crippen LogP contribution in [0.2, 0.25) is 0 Å². The fourth-order valence-electron chi connectivity index (χ4n) is 4.56. The summed E-state index contributed by atoms with van der Waals surface area (Å²) >= 11 is 0. The van der Waals surface area contributed by atoms with E-state index in [-0.39, 0.29) is 18.4 Å². The van der Waals surface area contributed by atoms with Gasteiger partial charge in [-0.05, 0) is 19.2 Å². The van der Waals surface area contributed by atoms with Gasteiger partial charge in [0.05, 0.1) is 25.0 Å². The van der Waals surface area contributed by atoms with Crippen LogP contribution >= 0.6 is 0 Å². The minimum atomic E-state index is -0.977. The molecule has 0 bridgehead atoms. The van der Waals surface area contributed by atoms with E-state index >= 15 is 0 Å². The lowest BCUT2D eigenvalue weighted by atomic mass is 10.1. The molecule has 3 saturated heterocycles. The Morgan fingerprint density at radius 2 is 2.00 bits per heavy atom. The predicted octanol–water partition coefficient (Wildman–Crippen LogP) is -2.97. The molecule has 0 amide bonds. The van der Waals surface area contributed by atoms with Crippen molar-refractivity contribution in [2.45, 2.75) is 42.9 Å². The molecule has 32 heavy (non-hydrogen) atoms. The lowest BCUT2D eigenvalue weighted by Gasteiger charge is -2.38. The van der Waals surface area contributed by atoms with Gasteiger partial charge in [-0.2, -0.15) is 0 Å². The van der Waals surface area contributed by atoms with Crippen LogP contribution in [0.3, 0.4) is 0 Å². The largest absolute Gasteiger partial charge is 0.492 e. The molecule has 0 saturated carbocycles. The van der Waals surface area contributed by atoms with Crippen molar-refractivity contribution in [3.05, 3.63) is 30.3 Å². The third kappa shape index (κ3) is 5.57. The molecule has 3 unspecified atom stereocenters. The number of benzene rings is 1. The van der Waals surface area contributed by atoms with E-state index < -0.39 is 24.5 Å². The van der Waals surface area contributed by atoms with Crippen molar-refractivity contribution in [3.63, 3.8) is 0 Å². The van der Waals surface area contributed by atoms with Crippen molar-refractivity contribution in [2.75, 3.05) is 53.2 Å². The van der Waals surface area contributed by atoms with E-state index in [1.54, 1.807) is 0 Å². The molecule has 7 atom stereocenters. The van der Waals surface area contributed by atoms with Gasteiger partial charge in [-0.1, -0.05) is 18.2 Å². The summed E-state index contributed by atoms with van der Waals surface area (Å²) in [7, 11) is 1.98. The fourth-order valence-corrected chi connectivity index (χ4v) is 4.56. The van der Waals surface area contributed by atoms with Gasteiger partial charge in [-0.25, -0.2) is 4.90 Å². The molecule has 0 spiro atoms. The quantitative estimate of drug-likeness (QED) is 0.183. The summed E-state index contributed by atoms with van der Waals surface area (Å²) in [4.78, 5) is 4.10. The summed E-state index contributed by atoms with van der Waals surface area (Å²) in [6, 6.07) is 9.76. The average Bonchev–Trinajstić information content (AvgIpc) is 3.34. The Labute approximate surface area is 189 Å². The van der Waals surface area contributed by atoms with E-state index in [0.717, 1.165) is 25.4 Å². The van der Waals surface area contributed by atoms with Gasteiger partial charge in [0.2, 0.25) is 0 Å². The molecule has 180 valence electrons. The smallest absolute Gasteiger partial charge is 0.142 e. The minimum absolute atomic E-state index is 0.00959. The number of nitrogens with two attached hydrogens (primary N) is 1. The van der Waals surface area contributed by atoms with Gasteiger partial charge >= 0.3 is 0 Å². The Kier molecular flexibility index (Phi) is 8.29. The monoisotopic (exact) mass is 451 g/mol. The minimum Gasteiger partial charge on any atom is -0.492 e. The number of hydrogen-bond acceptors (Lipinski definition) is 11. The number of rotatable bonds is 10. The van der Waals surface area contributed by atoms with Crippen molar-refractivity contribution < 1.29 is 19.7 Å². The second-order valence-electron chi connectivity index (χ2n) is 8.68. The molecule has 3 aliphatic heterocycles. The maximum absolute atomic E-state index is 10.7. The number of aliphatic hydroxyl groups is 2. The first-order valence-corrected chi connectivity index (χ1v) is 11.3. The van der Waals surface area contributed by atoms with E-state index in [0.29, 0.717) is 26.5 Å². The van der Waals surface area contributed by atoms with E-state index in [9.17, 15) is 10.2 Å². The zero-order chi connectivity index (χ0) is 22.5. The number of para-hydroxylation sites is 1. The number of likely N-dealkylation sites (N-methyl/N-ethyl adjacent to an activating group) is 1. The molecule has 3 heterocycles. The Balaban J connectivity index is 1.16.